The number of nitrogens with one attached hydrogen (secondary N) is 3. The molecule has 1 aliphatic heterocycles. The van der Waals surface area contributed by atoms with Gasteiger partial charge >= 0.3 is 6.03 Å². The zero-order chi connectivity index (χ0) is 19.2. The molecule has 3 N–H and O–H groups in total. The molecule has 0 bridgehead atoms. The first-order chi connectivity index (χ1) is 13.0. The Morgan fingerprint density at radius 3 is 2.81 bits per heavy atom. The van der Waals surface area contributed by atoms with Gasteiger partial charge in [0.15, 0.2) is 0 Å². The van der Waals surface area contributed by atoms with Crippen molar-refractivity contribution in [1.82, 2.24) is 10.6 Å². The Kier molecular flexibility index (Phi) is 6.32. The summed E-state index contributed by atoms with van der Waals surface area (Å²) in [5, 5.41) is 8.69. The SMILES string of the molecule is C[C@@H]1CCCC[C@@H]1NC(=O)CCCNC(=O)N1CC(=O)Nc2ccccc21. The van der Waals surface area contributed by atoms with E-state index < -0.39 is 0 Å². The van der Waals surface area contributed by atoms with Crippen molar-refractivity contribution < 1.29 is 14.4 Å². The second-order valence-electron chi connectivity index (χ2n) is 7.42. The van der Waals surface area contributed by atoms with Crippen molar-refractivity contribution >= 4 is 29.2 Å². The van der Waals surface area contributed by atoms with Gasteiger partial charge in [-0.1, -0.05) is 31.9 Å². The van der Waals surface area contributed by atoms with E-state index in [4.69, 9.17) is 0 Å². The number of para-hydroxylation sites is 2. The van der Waals surface area contributed by atoms with Gasteiger partial charge in [0.05, 0.1) is 11.4 Å². The zero-order valence-corrected chi connectivity index (χ0v) is 15.8. The molecule has 1 aromatic carbocycles. The lowest BCUT2D eigenvalue weighted by Crippen LogP contribution is -2.47. The monoisotopic (exact) mass is 372 g/mol. The van der Waals surface area contributed by atoms with Crippen molar-refractivity contribution in [2.24, 2.45) is 5.92 Å². The number of benzene rings is 1. The number of nitrogens with zero attached hydrogens (tertiary/aromatic N) is 1. The maximum atomic E-state index is 12.4. The first kappa shape index (κ1) is 19.2. The van der Waals surface area contributed by atoms with Crippen molar-refractivity contribution in [3.63, 3.8) is 0 Å². The van der Waals surface area contributed by atoms with Crippen LogP contribution >= 0.6 is 0 Å². The van der Waals surface area contributed by atoms with E-state index in [1.54, 1.807) is 12.1 Å². The van der Waals surface area contributed by atoms with Crippen LogP contribution < -0.4 is 20.9 Å². The number of fused-ring (bicyclic) bond motifs is 1. The van der Waals surface area contributed by atoms with Gasteiger partial charge in [-0.25, -0.2) is 4.79 Å². The molecule has 0 radical (unpaired) electrons. The lowest BCUT2D eigenvalue weighted by molar-refractivity contribution is -0.122. The molecule has 27 heavy (non-hydrogen) atoms. The van der Waals surface area contributed by atoms with E-state index in [1.165, 1.54) is 24.2 Å². The first-order valence-corrected chi connectivity index (χ1v) is 9.78. The van der Waals surface area contributed by atoms with Crippen LogP contribution in [0.4, 0.5) is 16.2 Å². The van der Waals surface area contributed by atoms with Crippen molar-refractivity contribution in [2.75, 3.05) is 23.3 Å². The predicted octanol–water partition coefficient (Wildman–Crippen LogP) is 2.63. The quantitative estimate of drug-likeness (QED) is 0.694. The predicted molar refractivity (Wildman–Crippen MR) is 105 cm³/mol. The van der Waals surface area contributed by atoms with Crippen LogP contribution in [0.2, 0.25) is 0 Å². The summed E-state index contributed by atoms with van der Waals surface area (Å²) in [7, 11) is 0. The summed E-state index contributed by atoms with van der Waals surface area (Å²) in [6, 6.07) is 7.17. The summed E-state index contributed by atoms with van der Waals surface area (Å²) in [6.07, 6.45) is 5.61. The minimum atomic E-state index is -0.321. The molecular formula is C20H28N4O3. The van der Waals surface area contributed by atoms with Crippen molar-refractivity contribution in [3.05, 3.63) is 24.3 Å². The Labute approximate surface area is 159 Å². The van der Waals surface area contributed by atoms with E-state index in [2.05, 4.69) is 22.9 Å². The maximum absolute atomic E-state index is 12.4. The van der Waals surface area contributed by atoms with Gasteiger partial charge in [0.2, 0.25) is 11.8 Å². The number of carbonyl (C=O) groups excluding carboxylic acids is 3. The second-order valence-corrected chi connectivity index (χ2v) is 7.42. The average Bonchev–Trinajstić information content (AvgIpc) is 2.66. The maximum Gasteiger partial charge on any atom is 0.322 e. The fourth-order valence-corrected chi connectivity index (χ4v) is 3.76. The van der Waals surface area contributed by atoms with Crippen molar-refractivity contribution in [1.29, 1.82) is 0 Å². The van der Waals surface area contributed by atoms with Gasteiger partial charge in [-0.3, -0.25) is 14.5 Å². The smallest absolute Gasteiger partial charge is 0.322 e. The van der Waals surface area contributed by atoms with Crippen LogP contribution in [-0.4, -0.2) is 37.0 Å². The Morgan fingerprint density at radius 2 is 2.00 bits per heavy atom. The van der Waals surface area contributed by atoms with Crippen LogP contribution in [0.5, 0.6) is 0 Å². The number of amides is 4. The third-order valence-electron chi connectivity index (χ3n) is 5.33. The molecule has 146 valence electrons. The van der Waals surface area contributed by atoms with E-state index in [1.807, 2.05) is 12.1 Å². The molecule has 1 aromatic rings. The first-order valence-electron chi connectivity index (χ1n) is 9.78. The topological polar surface area (TPSA) is 90.5 Å². The van der Waals surface area contributed by atoms with Crippen molar-refractivity contribution in [2.45, 2.75) is 51.5 Å². The highest BCUT2D eigenvalue weighted by molar-refractivity contribution is 6.09. The molecule has 4 amide bonds. The molecule has 0 spiro atoms. The molecule has 1 saturated carbocycles. The highest BCUT2D eigenvalue weighted by atomic mass is 16.2. The van der Waals surface area contributed by atoms with Gasteiger partial charge in [0.1, 0.15) is 6.54 Å². The van der Waals surface area contributed by atoms with Gasteiger partial charge in [-0.15, -0.1) is 0 Å². The molecule has 0 saturated heterocycles. The molecule has 7 nitrogen and oxygen atoms in total. The molecule has 1 heterocycles. The minimum absolute atomic E-state index is 0.0110. The summed E-state index contributed by atoms with van der Waals surface area (Å²) in [4.78, 5) is 37.8. The van der Waals surface area contributed by atoms with E-state index in [0.29, 0.717) is 36.7 Å². The van der Waals surface area contributed by atoms with Crippen molar-refractivity contribution in [3.8, 4) is 0 Å². The number of rotatable bonds is 5. The molecule has 1 aliphatic carbocycles. The Bertz CT molecular complexity index is 706. The van der Waals surface area contributed by atoms with Gasteiger partial charge < -0.3 is 16.0 Å². The summed E-state index contributed by atoms with van der Waals surface area (Å²) >= 11 is 0. The fraction of sp³-hybridized carbons (Fsp3) is 0.550. The summed E-state index contributed by atoms with van der Waals surface area (Å²) in [6.45, 7) is 2.58. The average molecular weight is 372 g/mol. The second kappa shape index (κ2) is 8.88. The number of hydrogen-bond acceptors (Lipinski definition) is 3. The van der Waals surface area contributed by atoms with Crippen LogP contribution in [-0.2, 0) is 9.59 Å². The van der Waals surface area contributed by atoms with Crippen LogP contribution in [0.15, 0.2) is 24.3 Å². The van der Waals surface area contributed by atoms with E-state index in [0.717, 1.165) is 6.42 Å². The lowest BCUT2D eigenvalue weighted by atomic mass is 9.86. The van der Waals surface area contributed by atoms with Gasteiger partial charge in [0, 0.05) is 19.0 Å². The molecule has 2 aliphatic rings. The van der Waals surface area contributed by atoms with E-state index >= 15 is 0 Å². The zero-order valence-electron chi connectivity index (χ0n) is 15.8. The summed E-state index contributed by atoms with van der Waals surface area (Å²) in [5.74, 6) is 0.364. The standard InChI is InChI=1S/C20H28N4O3/c1-14-7-2-3-8-15(14)22-18(25)11-6-12-21-20(27)24-13-19(26)23-16-9-4-5-10-17(16)24/h4-5,9-10,14-15H,2-3,6-8,11-13H2,1H3,(H,21,27)(H,22,25)(H,23,26)/t14-,15+/m1/s1. The van der Waals surface area contributed by atoms with Crippen LogP contribution in [0.1, 0.15) is 45.4 Å². The summed E-state index contributed by atoms with van der Waals surface area (Å²) < 4.78 is 0. The number of urea groups is 1. The highest BCUT2D eigenvalue weighted by Crippen LogP contribution is 2.28. The normalized spacial score (nSPS) is 21.8. The third-order valence-corrected chi connectivity index (χ3v) is 5.33. The number of anilines is 2. The van der Waals surface area contributed by atoms with Crippen LogP contribution in [0, 0.1) is 5.92 Å². The fourth-order valence-electron chi connectivity index (χ4n) is 3.76. The molecule has 7 heteroatoms. The Hall–Kier alpha value is -2.57. The third kappa shape index (κ3) is 4.99. The van der Waals surface area contributed by atoms with Gasteiger partial charge in [-0.2, -0.15) is 0 Å². The van der Waals surface area contributed by atoms with Gasteiger partial charge in [0.25, 0.3) is 0 Å². The van der Waals surface area contributed by atoms with Crippen LogP contribution in [0.25, 0.3) is 0 Å². The number of hydrogen-bond donors (Lipinski definition) is 3. The molecule has 0 unspecified atom stereocenters. The Morgan fingerprint density at radius 1 is 1.22 bits per heavy atom. The highest BCUT2D eigenvalue weighted by Gasteiger charge is 2.26. The molecule has 2 atom stereocenters. The molecule has 0 aromatic heterocycles. The molecular weight excluding hydrogens is 344 g/mol. The molecule has 3 rings (SSSR count). The van der Waals surface area contributed by atoms with E-state index in [-0.39, 0.29) is 30.4 Å². The van der Waals surface area contributed by atoms with Gasteiger partial charge in [-0.05, 0) is 37.3 Å². The summed E-state index contributed by atoms with van der Waals surface area (Å²) in [5.41, 5.74) is 1.31. The minimum Gasteiger partial charge on any atom is -0.353 e. The number of carbonyl (C=O) groups is 3. The van der Waals surface area contributed by atoms with Crippen LogP contribution in [0.3, 0.4) is 0 Å². The van der Waals surface area contributed by atoms with E-state index in [9.17, 15) is 14.4 Å². The Balaban J connectivity index is 1.42. The molecule has 1 fully saturated rings. The lowest BCUT2D eigenvalue weighted by Gasteiger charge is -2.29. The largest absolute Gasteiger partial charge is 0.353 e.